The van der Waals surface area contributed by atoms with Gasteiger partial charge in [-0.3, -0.25) is 4.79 Å². The van der Waals surface area contributed by atoms with Crippen molar-refractivity contribution in [1.29, 1.82) is 0 Å². The molecule has 2 aromatic rings. The van der Waals surface area contributed by atoms with Gasteiger partial charge >= 0.3 is 0 Å². The maximum absolute atomic E-state index is 11.9. The number of benzene rings is 1. The van der Waals surface area contributed by atoms with E-state index >= 15 is 0 Å². The highest BCUT2D eigenvalue weighted by Gasteiger charge is 2.14. The molecular weight excluding hydrogens is 222 g/mol. The summed E-state index contributed by atoms with van der Waals surface area (Å²) in [5, 5.41) is 0.887. The number of pyridine rings is 1. The normalized spacial score (nSPS) is 12.0. The Morgan fingerprint density at radius 1 is 1.25 bits per heavy atom. The SMILES string of the molecule is CC(C)(C)c1ccc2[nH]cc(Cl)c(=O)c2c1. The molecule has 0 fully saturated rings. The van der Waals surface area contributed by atoms with E-state index in [0.29, 0.717) is 5.39 Å². The highest BCUT2D eigenvalue weighted by molar-refractivity contribution is 6.31. The van der Waals surface area contributed by atoms with Crippen LogP contribution in [-0.4, -0.2) is 4.98 Å². The van der Waals surface area contributed by atoms with Crippen LogP contribution in [0.5, 0.6) is 0 Å². The van der Waals surface area contributed by atoms with E-state index in [4.69, 9.17) is 11.6 Å². The molecule has 0 unspecified atom stereocenters. The first-order valence-electron chi connectivity index (χ1n) is 5.21. The smallest absolute Gasteiger partial charge is 0.207 e. The monoisotopic (exact) mass is 235 g/mol. The number of hydrogen-bond acceptors (Lipinski definition) is 1. The third-order valence-corrected chi connectivity index (χ3v) is 2.98. The molecule has 2 rings (SSSR count). The third-order valence-electron chi connectivity index (χ3n) is 2.70. The van der Waals surface area contributed by atoms with Crippen molar-refractivity contribution in [3.63, 3.8) is 0 Å². The summed E-state index contributed by atoms with van der Waals surface area (Å²) < 4.78 is 0. The second-order valence-corrected chi connectivity index (χ2v) is 5.38. The number of aromatic amines is 1. The summed E-state index contributed by atoms with van der Waals surface area (Å²) >= 11 is 5.81. The number of H-pyrrole nitrogens is 1. The van der Waals surface area contributed by atoms with E-state index in [1.165, 1.54) is 6.20 Å². The molecule has 3 heteroatoms. The highest BCUT2D eigenvalue weighted by atomic mass is 35.5. The molecule has 0 aliphatic carbocycles. The molecular formula is C13H14ClNO. The number of fused-ring (bicyclic) bond motifs is 1. The summed E-state index contributed by atoms with van der Waals surface area (Å²) in [7, 11) is 0. The van der Waals surface area contributed by atoms with Gasteiger partial charge in [-0.15, -0.1) is 0 Å². The average molecular weight is 236 g/mol. The van der Waals surface area contributed by atoms with Gasteiger partial charge in [0.25, 0.3) is 0 Å². The maximum Gasteiger partial charge on any atom is 0.207 e. The second kappa shape index (κ2) is 3.63. The van der Waals surface area contributed by atoms with Crippen LogP contribution in [0, 0.1) is 0 Å². The molecule has 0 radical (unpaired) electrons. The van der Waals surface area contributed by atoms with Gasteiger partial charge in [-0.25, -0.2) is 0 Å². The Bertz CT molecular complexity index is 593. The Kier molecular flexibility index (Phi) is 2.55. The van der Waals surface area contributed by atoms with Crippen molar-refractivity contribution >= 4 is 22.5 Å². The van der Waals surface area contributed by atoms with E-state index in [0.717, 1.165) is 11.1 Å². The maximum atomic E-state index is 11.9. The van der Waals surface area contributed by atoms with Gasteiger partial charge in [0.15, 0.2) is 0 Å². The van der Waals surface area contributed by atoms with Crippen molar-refractivity contribution in [1.82, 2.24) is 4.98 Å². The summed E-state index contributed by atoms with van der Waals surface area (Å²) in [4.78, 5) is 14.9. The van der Waals surface area contributed by atoms with Gasteiger partial charge in [-0.2, -0.15) is 0 Å². The topological polar surface area (TPSA) is 32.9 Å². The first-order valence-corrected chi connectivity index (χ1v) is 5.59. The van der Waals surface area contributed by atoms with E-state index in [2.05, 4.69) is 25.8 Å². The van der Waals surface area contributed by atoms with Crippen LogP contribution < -0.4 is 5.43 Å². The van der Waals surface area contributed by atoms with E-state index in [-0.39, 0.29) is 15.9 Å². The fraction of sp³-hybridized carbons (Fsp3) is 0.308. The molecule has 1 aromatic heterocycles. The zero-order valence-corrected chi connectivity index (χ0v) is 10.4. The van der Waals surface area contributed by atoms with Gasteiger partial charge in [-0.1, -0.05) is 38.4 Å². The molecule has 2 nitrogen and oxygen atoms in total. The molecule has 1 aromatic carbocycles. The predicted octanol–water partition coefficient (Wildman–Crippen LogP) is 3.48. The van der Waals surface area contributed by atoms with Crippen molar-refractivity contribution in [2.45, 2.75) is 26.2 Å². The van der Waals surface area contributed by atoms with Crippen LogP contribution in [0.15, 0.2) is 29.2 Å². The van der Waals surface area contributed by atoms with Crippen molar-refractivity contribution in [2.24, 2.45) is 0 Å². The molecule has 0 aliphatic rings. The molecule has 1 N–H and O–H groups in total. The number of hydrogen-bond donors (Lipinski definition) is 1. The van der Waals surface area contributed by atoms with Crippen LogP contribution in [0.2, 0.25) is 5.02 Å². The Hall–Kier alpha value is -1.28. The van der Waals surface area contributed by atoms with Gasteiger partial charge in [0.2, 0.25) is 5.43 Å². The Morgan fingerprint density at radius 2 is 1.94 bits per heavy atom. The minimum Gasteiger partial charge on any atom is -0.360 e. The van der Waals surface area contributed by atoms with Crippen molar-refractivity contribution < 1.29 is 0 Å². The Balaban J connectivity index is 2.79. The summed E-state index contributed by atoms with van der Waals surface area (Å²) in [6.45, 7) is 6.35. The fourth-order valence-electron chi connectivity index (χ4n) is 1.66. The minimum atomic E-state index is -0.110. The van der Waals surface area contributed by atoms with Crippen molar-refractivity contribution in [3.05, 3.63) is 45.2 Å². The molecule has 0 bridgehead atoms. The third kappa shape index (κ3) is 1.85. The Morgan fingerprint density at radius 3 is 2.56 bits per heavy atom. The van der Waals surface area contributed by atoms with Crippen LogP contribution in [0.1, 0.15) is 26.3 Å². The lowest BCUT2D eigenvalue weighted by atomic mass is 9.86. The Labute approximate surface area is 99.3 Å². The first kappa shape index (κ1) is 11.2. The van der Waals surface area contributed by atoms with Gasteiger partial charge in [0.05, 0.1) is 0 Å². The molecule has 84 valence electrons. The molecule has 0 aliphatic heterocycles. The number of nitrogens with one attached hydrogen (secondary N) is 1. The van der Waals surface area contributed by atoms with Crippen molar-refractivity contribution in [3.8, 4) is 0 Å². The van der Waals surface area contributed by atoms with Crippen LogP contribution in [0.25, 0.3) is 10.9 Å². The van der Waals surface area contributed by atoms with Crippen LogP contribution >= 0.6 is 11.6 Å². The summed E-state index contributed by atoms with van der Waals surface area (Å²) in [5.41, 5.74) is 1.87. The summed E-state index contributed by atoms with van der Waals surface area (Å²) in [6, 6.07) is 5.87. The van der Waals surface area contributed by atoms with Gasteiger partial charge in [0.1, 0.15) is 5.02 Å². The standard InChI is InChI=1S/C13H14ClNO/c1-13(2,3)8-4-5-11-9(6-8)12(16)10(14)7-15-11/h4-7H,1-3H3,(H,15,16). The molecule has 0 saturated carbocycles. The van der Waals surface area contributed by atoms with E-state index < -0.39 is 0 Å². The molecule has 1 heterocycles. The summed E-state index contributed by atoms with van der Waals surface area (Å²) in [5.74, 6) is 0. The van der Waals surface area contributed by atoms with E-state index in [1.54, 1.807) is 0 Å². The number of rotatable bonds is 0. The second-order valence-electron chi connectivity index (χ2n) is 4.98. The number of halogens is 1. The van der Waals surface area contributed by atoms with Crippen molar-refractivity contribution in [2.75, 3.05) is 0 Å². The lowest BCUT2D eigenvalue weighted by molar-refractivity contribution is 0.591. The lowest BCUT2D eigenvalue weighted by Gasteiger charge is -2.19. The van der Waals surface area contributed by atoms with Crippen LogP contribution in [-0.2, 0) is 5.41 Å². The largest absolute Gasteiger partial charge is 0.360 e. The number of aromatic nitrogens is 1. The van der Waals surface area contributed by atoms with E-state index in [9.17, 15) is 4.79 Å². The molecule has 0 atom stereocenters. The lowest BCUT2D eigenvalue weighted by Crippen LogP contribution is -2.12. The molecule has 0 spiro atoms. The molecule has 0 amide bonds. The molecule has 16 heavy (non-hydrogen) atoms. The van der Waals surface area contributed by atoms with Gasteiger partial charge in [-0.05, 0) is 23.1 Å². The van der Waals surface area contributed by atoms with E-state index in [1.807, 2.05) is 18.2 Å². The summed E-state index contributed by atoms with van der Waals surface area (Å²) in [6.07, 6.45) is 1.53. The van der Waals surface area contributed by atoms with Gasteiger partial charge in [0, 0.05) is 17.1 Å². The minimum absolute atomic E-state index is 0.0307. The zero-order valence-electron chi connectivity index (χ0n) is 9.60. The van der Waals surface area contributed by atoms with Crippen LogP contribution in [0.4, 0.5) is 0 Å². The average Bonchev–Trinajstić information content (AvgIpc) is 2.22. The quantitative estimate of drug-likeness (QED) is 0.745. The highest BCUT2D eigenvalue weighted by Crippen LogP contribution is 2.24. The molecule has 0 saturated heterocycles. The van der Waals surface area contributed by atoms with Crippen LogP contribution in [0.3, 0.4) is 0 Å². The van der Waals surface area contributed by atoms with Gasteiger partial charge < -0.3 is 4.98 Å². The fourth-order valence-corrected chi connectivity index (χ4v) is 1.82. The first-order chi connectivity index (χ1) is 7.39. The zero-order chi connectivity index (χ0) is 11.9. The predicted molar refractivity (Wildman–Crippen MR) is 68.3 cm³/mol.